The molecule has 1 aliphatic heterocycles. The summed E-state index contributed by atoms with van der Waals surface area (Å²) in [6.07, 6.45) is 4.88. The fourth-order valence-corrected chi connectivity index (χ4v) is 6.14. The molecule has 42 heavy (non-hydrogen) atoms. The van der Waals surface area contributed by atoms with E-state index in [2.05, 4.69) is 46.4 Å². The first-order valence-corrected chi connectivity index (χ1v) is 14.9. The zero-order valence-electron chi connectivity index (χ0n) is 24.3. The third kappa shape index (κ3) is 6.94. The van der Waals surface area contributed by atoms with E-state index in [1.54, 1.807) is 24.3 Å². The van der Waals surface area contributed by atoms with Gasteiger partial charge in [-0.2, -0.15) is 0 Å². The van der Waals surface area contributed by atoms with E-state index in [0.717, 1.165) is 50.9 Å². The van der Waals surface area contributed by atoms with Gasteiger partial charge in [-0.1, -0.05) is 30.3 Å². The molecule has 0 aliphatic carbocycles. The molecule has 5 rings (SSSR count). The number of hydrogen-bond donors (Lipinski definition) is 4. The largest absolute Gasteiger partial charge is 0.399 e. The lowest BCUT2D eigenvalue weighted by Gasteiger charge is -2.34. The number of anilines is 3. The maximum atomic E-state index is 13.2. The molecule has 1 fully saturated rings. The number of urea groups is 1. The highest BCUT2D eigenvalue weighted by Crippen LogP contribution is 2.36. The number of carbonyl (C=O) groups excluding carboxylic acids is 2. The summed E-state index contributed by atoms with van der Waals surface area (Å²) in [5.74, 6) is 0.513. The molecule has 1 atom stereocenters. The summed E-state index contributed by atoms with van der Waals surface area (Å²) in [4.78, 5) is 27.6. The van der Waals surface area contributed by atoms with E-state index in [9.17, 15) is 14.7 Å². The molecule has 1 saturated heterocycles. The summed E-state index contributed by atoms with van der Waals surface area (Å²) in [7, 11) is 0. The van der Waals surface area contributed by atoms with Gasteiger partial charge < -0.3 is 30.9 Å². The smallest absolute Gasteiger partial charge is 0.323 e. The molecule has 1 unspecified atom stereocenters. The number of para-hydroxylation sites is 1. The molecule has 220 valence electrons. The molecule has 8 nitrogen and oxygen atoms in total. The second-order valence-electron chi connectivity index (χ2n) is 11.2. The van der Waals surface area contributed by atoms with Crippen LogP contribution in [0.1, 0.15) is 54.8 Å². The molecule has 4 aromatic rings. The number of fused-ring (bicyclic) bond motifs is 1. The number of aliphatic hydroxyl groups excluding tert-OH is 1. The van der Waals surface area contributed by atoms with Gasteiger partial charge in [0.1, 0.15) is 0 Å². The third-order valence-corrected chi connectivity index (χ3v) is 8.21. The Labute approximate surface area is 247 Å². The fraction of sp³-hybridized carbons (Fsp3) is 0.353. The van der Waals surface area contributed by atoms with Crippen molar-refractivity contribution in [2.45, 2.75) is 57.9 Å². The van der Waals surface area contributed by atoms with E-state index < -0.39 is 0 Å². The van der Waals surface area contributed by atoms with Crippen LogP contribution in [0.2, 0.25) is 0 Å². The minimum Gasteiger partial charge on any atom is -0.399 e. The standard InChI is InChI=1S/C34H41N5O3/c1-24-30-9-2-3-10-31(30)39(21-6-22-40)33(24)26-8-5-20-38(23-26)32(41)11-4-7-25-12-16-28(17-13-25)36-34(42)37-29-18-14-27(35)15-19-29/h2-3,9-10,12-19,26,40H,4-8,11,20-23,35H2,1H3,(H2,36,37,42). The number of hydrogen-bond acceptors (Lipinski definition) is 4. The minimum absolute atomic E-state index is 0.166. The van der Waals surface area contributed by atoms with Crippen LogP contribution in [0.5, 0.6) is 0 Å². The number of likely N-dealkylation sites (tertiary alicyclic amines) is 1. The van der Waals surface area contributed by atoms with Crippen LogP contribution in [0, 0.1) is 6.92 Å². The van der Waals surface area contributed by atoms with Gasteiger partial charge in [0.15, 0.2) is 0 Å². The van der Waals surface area contributed by atoms with Crippen LogP contribution in [0.15, 0.2) is 72.8 Å². The summed E-state index contributed by atoms with van der Waals surface area (Å²) >= 11 is 0. The predicted molar refractivity (Wildman–Crippen MR) is 170 cm³/mol. The number of nitrogen functional groups attached to an aromatic ring is 1. The molecule has 3 amide bonds. The van der Waals surface area contributed by atoms with Gasteiger partial charge >= 0.3 is 6.03 Å². The highest BCUT2D eigenvalue weighted by Gasteiger charge is 2.29. The van der Waals surface area contributed by atoms with Crippen molar-refractivity contribution in [2.75, 3.05) is 36.1 Å². The average Bonchev–Trinajstić information content (AvgIpc) is 3.29. The van der Waals surface area contributed by atoms with Crippen molar-refractivity contribution in [3.8, 4) is 0 Å². The number of aryl methyl sites for hydroxylation is 3. The topological polar surface area (TPSA) is 113 Å². The van der Waals surface area contributed by atoms with Crippen LogP contribution in [0.3, 0.4) is 0 Å². The van der Waals surface area contributed by atoms with E-state index in [0.29, 0.717) is 35.8 Å². The van der Waals surface area contributed by atoms with Crippen molar-refractivity contribution in [2.24, 2.45) is 0 Å². The number of aromatic nitrogens is 1. The molecule has 0 radical (unpaired) electrons. The van der Waals surface area contributed by atoms with Gasteiger partial charge in [-0.25, -0.2) is 4.79 Å². The SMILES string of the molecule is Cc1c(C2CCCN(C(=O)CCCc3ccc(NC(=O)Nc4ccc(N)cc4)cc3)C2)n(CCCO)c2ccccc12. The van der Waals surface area contributed by atoms with Gasteiger partial charge in [0.05, 0.1) is 0 Å². The molecule has 0 bridgehead atoms. The number of nitrogens with zero attached hydrogens (tertiary/aromatic N) is 2. The van der Waals surface area contributed by atoms with Crippen LogP contribution in [-0.4, -0.2) is 46.2 Å². The number of carbonyl (C=O) groups is 2. The fourth-order valence-electron chi connectivity index (χ4n) is 6.14. The van der Waals surface area contributed by atoms with E-state index in [-0.39, 0.29) is 18.5 Å². The summed E-state index contributed by atoms with van der Waals surface area (Å²) < 4.78 is 2.37. The number of piperidine rings is 1. The number of benzene rings is 3. The van der Waals surface area contributed by atoms with E-state index in [1.165, 1.54) is 22.2 Å². The molecule has 5 N–H and O–H groups in total. The molecule has 0 saturated carbocycles. The van der Waals surface area contributed by atoms with Gasteiger partial charge in [-0.3, -0.25) is 4.79 Å². The zero-order chi connectivity index (χ0) is 29.5. The first-order valence-electron chi connectivity index (χ1n) is 14.9. The van der Waals surface area contributed by atoms with Crippen molar-refractivity contribution in [1.82, 2.24) is 9.47 Å². The lowest BCUT2D eigenvalue weighted by molar-refractivity contribution is -0.132. The molecular formula is C34H41N5O3. The number of nitrogens with one attached hydrogen (secondary N) is 2. The van der Waals surface area contributed by atoms with Crippen molar-refractivity contribution in [3.05, 3.63) is 89.6 Å². The number of amides is 3. The Morgan fingerprint density at radius 2 is 1.64 bits per heavy atom. The van der Waals surface area contributed by atoms with E-state index in [4.69, 9.17) is 5.73 Å². The van der Waals surface area contributed by atoms with E-state index in [1.807, 2.05) is 29.2 Å². The van der Waals surface area contributed by atoms with Crippen LogP contribution in [0.25, 0.3) is 10.9 Å². The Balaban J connectivity index is 1.13. The Bertz CT molecular complexity index is 1510. The van der Waals surface area contributed by atoms with Crippen molar-refractivity contribution in [1.29, 1.82) is 0 Å². The van der Waals surface area contributed by atoms with Gasteiger partial charge in [0, 0.05) is 72.2 Å². The summed E-state index contributed by atoms with van der Waals surface area (Å²) in [5, 5.41) is 16.4. The Kier molecular flexibility index (Phi) is 9.44. The molecule has 1 aromatic heterocycles. The molecular weight excluding hydrogens is 526 g/mol. The number of nitrogens with two attached hydrogens (primary N) is 1. The Hall–Kier alpha value is -4.30. The number of aliphatic hydroxyl groups is 1. The molecule has 3 aromatic carbocycles. The van der Waals surface area contributed by atoms with Crippen molar-refractivity contribution in [3.63, 3.8) is 0 Å². The number of rotatable bonds is 10. The quantitative estimate of drug-likeness (QED) is 0.169. The van der Waals surface area contributed by atoms with Gasteiger partial charge in [0.25, 0.3) is 0 Å². The lowest BCUT2D eigenvalue weighted by atomic mass is 9.91. The first-order chi connectivity index (χ1) is 20.4. The van der Waals surface area contributed by atoms with Crippen LogP contribution >= 0.6 is 0 Å². The third-order valence-electron chi connectivity index (χ3n) is 8.21. The highest BCUT2D eigenvalue weighted by atomic mass is 16.3. The molecule has 1 aliphatic rings. The van der Waals surface area contributed by atoms with Crippen LogP contribution in [0.4, 0.5) is 21.9 Å². The lowest BCUT2D eigenvalue weighted by Crippen LogP contribution is -2.39. The Morgan fingerprint density at radius 1 is 0.952 bits per heavy atom. The summed E-state index contributed by atoms with van der Waals surface area (Å²) in [6.45, 7) is 4.70. The minimum atomic E-state index is -0.318. The van der Waals surface area contributed by atoms with Gasteiger partial charge in [-0.05, 0) is 92.6 Å². The van der Waals surface area contributed by atoms with Gasteiger partial charge in [-0.15, -0.1) is 0 Å². The van der Waals surface area contributed by atoms with Crippen LogP contribution < -0.4 is 16.4 Å². The van der Waals surface area contributed by atoms with Gasteiger partial charge in [0.2, 0.25) is 5.91 Å². The maximum Gasteiger partial charge on any atom is 0.323 e. The Morgan fingerprint density at radius 3 is 2.36 bits per heavy atom. The molecule has 2 heterocycles. The zero-order valence-corrected chi connectivity index (χ0v) is 24.3. The normalized spacial score (nSPS) is 15.1. The maximum absolute atomic E-state index is 13.2. The molecule has 8 heteroatoms. The molecule has 0 spiro atoms. The monoisotopic (exact) mass is 567 g/mol. The predicted octanol–water partition coefficient (Wildman–Crippen LogP) is 6.29. The van der Waals surface area contributed by atoms with Crippen molar-refractivity contribution < 1.29 is 14.7 Å². The van der Waals surface area contributed by atoms with Crippen molar-refractivity contribution >= 4 is 39.9 Å². The average molecular weight is 568 g/mol. The van der Waals surface area contributed by atoms with E-state index >= 15 is 0 Å². The summed E-state index contributed by atoms with van der Waals surface area (Å²) in [5.41, 5.74) is 12.7. The highest BCUT2D eigenvalue weighted by molar-refractivity contribution is 5.99. The second-order valence-corrected chi connectivity index (χ2v) is 11.2. The second kappa shape index (κ2) is 13.6. The summed E-state index contributed by atoms with van der Waals surface area (Å²) in [6, 6.07) is 22.9. The first kappa shape index (κ1) is 29.2. The van der Waals surface area contributed by atoms with Crippen LogP contribution in [-0.2, 0) is 17.8 Å².